The maximum absolute atomic E-state index is 12.0. The minimum absolute atomic E-state index is 0.0401. The number of aryl methyl sites for hydroxylation is 2. The maximum Gasteiger partial charge on any atom is 0.240 e. The molecule has 0 atom stereocenters. The second-order valence-electron chi connectivity index (χ2n) is 4.80. The van der Waals surface area contributed by atoms with Gasteiger partial charge in [0, 0.05) is 18.0 Å². The summed E-state index contributed by atoms with van der Waals surface area (Å²) in [6.07, 6.45) is 2.01. The molecule has 6 heteroatoms. The summed E-state index contributed by atoms with van der Waals surface area (Å²) in [6, 6.07) is 0. The van der Waals surface area contributed by atoms with Crippen LogP contribution in [0.4, 0.5) is 5.13 Å². The molecule has 0 aromatic carbocycles. The van der Waals surface area contributed by atoms with Gasteiger partial charge in [0.1, 0.15) is 0 Å². The van der Waals surface area contributed by atoms with Crippen LogP contribution in [0.3, 0.4) is 0 Å². The summed E-state index contributed by atoms with van der Waals surface area (Å²) in [6.45, 7) is 8.52. The Morgan fingerprint density at radius 3 is 3.05 bits per heavy atom. The molecule has 19 heavy (non-hydrogen) atoms. The molecule has 0 bridgehead atoms. The molecular formula is C13H22N4OS. The van der Waals surface area contributed by atoms with E-state index in [4.69, 9.17) is 0 Å². The Morgan fingerprint density at radius 1 is 1.47 bits per heavy atom. The number of nitrogens with one attached hydrogen (secondary N) is 2. The molecule has 1 amide bonds. The molecule has 0 unspecified atom stereocenters. The molecule has 0 saturated carbocycles. The van der Waals surface area contributed by atoms with E-state index in [9.17, 15) is 4.79 Å². The van der Waals surface area contributed by atoms with Crippen molar-refractivity contribution < 1.29 is 4.79 Å². The third-order valence-corrected chi connectivity index (χ3v) is 4.20. The Kier molecular flexibility index (Phi) is 5.30. The van der Waals surface area contributed by atoms with Gasteiger partial charge in [-0.25, -0.2) is 4.98 Å². The predicted octanol–water partition coefficient (Wildman–Crippen LogP) is 1.25. The number of hydrogen-bond acceptors (Lipinski definition) is 5. The van der Waals surface area contributed by atoms with Crippen LogP contribution in [0.2, 0.25) is 0 Å². The minimum atomic E-state index is 0.0401. The van der Waals surface area contributed by atoms with Gasteiger partial charge in [-0.1, -0.05) is 6.92 Å². The highest BCUT2D eigenvalue weighted by molar-refractivity contribution is 7.15. The summed E-state index contributed by atoms with van der Waals surface area (Å²) in [7, 11) is 0. The number of carbonyl (C=O) groups excluding carboxylic acids is 1. The van der Waals surface area contributed by atoms with Gasteiger partial charge in [0.25, 0.3) is 0 Å². The van der Waals surface area contributed by atoms with E-state index >= 15 is 0 Å². The topological polar surface area (TPSA) is 57.3 Å². The Hall–Kier alpha value is -0.980. The highest BCUT2D eigenvalue weighted by Gasteiger charge is 2.14. The molecule has 0 radical (unpaired) electrons. The van der Waals surface area contributed by atoms with Gasteiger partial charge >= 0.3 is 0 Å². The van der Waals surface area contributed by atoms with Gasteiger partial charge in [0.2, 0.25) is 5.91 Å². The van der Waals surface area contributed by atoms with E-state index in [0.717, 1.165) is 49.8 Å². The van der Waals surface area contributed by atoms with Crippen LogP contribution in [0.15, 0.2) is 0 Å². The number of thiazole rings is 1. The molecule has 1 aromatic heterocycles. The molecule has 106 valence electrons. The number of hydrogen-bond donors (Lipinski definition) is 2. The van der Waals surface area contributed by atoms with Gasteiger partial charge < -0.3 is 10.6 Å². The smallest absolute Gasteiger partial charge is 0.240 e. The zero-order valence-electron chi connectivity index (χ0n) is 11.7. The van der Waals surface area contributed by atoms with E-state index in [2.05, 4.69) is 27.4 Å². The largest absolute Gasteiger partial charge is 0.315 e. The predicted molar refractivity (Wildman–Crippen MR) is 78.8 cm³/mol. The van der Waals surface area contributed by atoms with Crippen molar-refractivity contribution in [3.8, 4) is 0 Å². The van der Waals surface area contributed by atoms with Gasteiger partial charge in [-0.15, -0.1) is 11.3 Å². The first-order chi connectivity index (χ1) is 9.19. The fraction of sp³-hybridized carbons (Fsp3) is 0.692. The summed E-state index contributed by atoms with van der Waals surface area (Å²) >= 11 is 1.56. The number of aromatic nitrogens is 1. The van der Waals surface area contributed by atoms with Crippen molar-refractivity contribution >= 4 is 22.4 Å². The van der Waals surface area contributed by atoms with E-state index < -0.39 is 0 Å². The maximum atomic E-state index is 12.0. The molecule has 5 nitrogen and oxygen atoms in total. The molecule has 1 saturated heterocycles. The molecule has 2 heterocycles. The average molecular weight is 282 g/mol. The van der Waals surface area contributed by atoms with Crippen molar-refractivity contribution in [2.75, 3.05) is 38.0 Å². The normalized spacial score (nSPS) is 17.2. The molecule has 1 aromatic rings. The molecule has 1 aliphatic rings. The second kappa shape index (κ2) is 6.98. The third kappa shape index (κ3) is 4.26. The number of carbonyl (C=O) groups is 1. The van der Waals surface area contributed by atoms with E-state index in [0.29, 0.717) is 6.54 Å². The fourth-order valence-electron chi connectivity index (χ4n) is 2.23. The number of rotatable bonds is 4. The Labute approximate surface area is 118 Å². The van der Waals surface area contributed by atoms with Crippen LogP contribution in [0.25, 0.3) is 0 Å². The van der Waals surface area contributed by atoms with Gasteiger partial charge in [-0.2, -0.15) is 0 Å². The number of amides is 1. The van der Waals surface area contributed by atoms with E-state index in [-0.39, 0.29) is 5.91 Å². The van der Waals surface area contributed by atoms with Crippen molar-refractivity contribution in [3.63, 3.8) is 0 Å². The first kappa shape index (κ1) is 14.4. The van der Waals surface area contributed by atoms with Crippen molar-refractivity contribution in [2.45, 2.75) is 26.7 Å². The first-order valence-corrected chi connectivity index (χ1v) is 7.70. The summed E-state index contributed by atoms with van der Waals surface area (Å²) in [5, 5.41) is 6.98. The molecule has 0 aliphatic carbocycles. The third-order valence-electron chi connectivity index (χ3n) is 3.27. The highest BCUT2D eigenvalue weighted by Crippen LogP contribution is 2.22. The summed E-state index contributed by atoms with van der Waals surface area (Å²) in [5.41, 5.74) is 1.08. The lowest BCUT2D eigenvalue weighted by Gasteiger charge is -2.17. The lowest BCUT2D eigenvalue weighted by molar-refractivity contribution is -0.117. The SMILES string of the molecule is CCc1nc(NC(=O)CN2CCCNCC2)sc1C. The van der Waals surface area contributed by atoms with Gasteiger partial charge in [-0.05, 0) is 32.9 Å². The van der Waals surface area contributed by atoms with E-state index in [1.165, 1.54) is 4.88 Å². The van der Waals surface area contributed by atoms with Gasteiger partial charge in [-0.3, -0.25) is 9.69 Å². The standard InChI is InChI=1S/C13H22N4OS/c1-3-11-10(2)19-13(15-11)16-12(18)9-17-7-4-5-14-6-8-17/h14H,3-9H2,1-2H3,(H,15,16,18). The molecule has 2 rings (SSSR count). The summed E-state index contributed by atoms with van der Waals surface area (Å²) in [4.78, 5) is 19.8. The van der Waals surface area contributed by atoms with Crippen molar-refractivity contribution in [3.05, 3.63) is 10.6 Å². The van der Waals surface area contributed by atoms with Crippen LogP contribution in [0.5, 0.6) is 0 Å². The van der Waals surface area contributed by atoms with Crippen LogP contribution in [-0.4, -0.2) is 48.5 Å². The Morgan fingerprint density at radius 2 is 2.32 bits per heavy atom. The minimum Gasteiger partial charge on any atom is -0.315 e. The van der Waals surface area contributed by atoms with E-state index in [1.807, 2.05) is 6.92 Å². The van der Waals surface area contributed by atoms with Gasteiger partial charge in [0.15, 0.2) is 5.13 Å². The quantitative estimate of drug-likeness (QED) is 0.872. The molecular weight excluding hydrogens is 260 g/mol. The zero-order chi connectivity index (χ0) is 13.7. The van der Waals surface area contributed by atoms with Crippen LogP contribution < -0.4 is 10.6 Å². The highest BCUT2D eigenvalue weighted by atomic mass is 32.1. The number of anilines is 1. The van der Waals surface area contributed by atoms with Crippen molar-refractivity contribution in [1.29, 1.82) is 0 Å². The van der Waals surface area contributed by atoms with Crippen LogP contribution >= 0.6 is 11.3 Å². The lowest BCUT2D eigenvalue weighted by atomic mass is 10.3. The average Bonchev–Trinajstić information content (AvgIpc) is 2.58. The zero-order valence-corrected chi connectivity index (χ0v) is 12.5. The monoisotopic (exact) mass is 282 g/mol. The summed E-state index contributed by atoms with van der Waals surface area (Å²) < 4.78 is 0. The van der Waals surface area contributed by atoms with Crippen LogP contribution in [0, 0.1) is 6.92 Å². The number of nitrogens with zero attached hydrogens (tertiary/aromatic N) is 2. The van der Waals surface area contributed by atoms with Crippen molar-refractivity contribution in [1.82, 2.24) is 15.2 Å². The summed E-state index contributed by atoms with van der Waals surface area (Å²) in [5.74, 6) is 0.0401. The fourth-order valence-corrected chi connectivity index (χ4v) is 3.15. The van der Waals surface area contributed by atoms with E-state index in [1.54, 1.807) is 11.3 Å². The van der Waals surface area contributed by atoms with Crippen molar-refractivity contribution in [2.24, 2.45) is 0 Å². The molecule has 0 spiro atoms. The van der Waals surface area contributed by atoms with Crippen LogP contribution in [0.1, 0.15) is 23.9 Å². The van der Waals surface area contributed by atoms with Crippen LogP contribution in [-0.2, 0) is 11.2 Å². The molecule has 1 aliphatic heterocycles. The Balaban J connectivity index is 1.85. The molecule has 2 N–H and O–H groups in total. The van der Waals surface area contributed by atoms with Gasteiger partial charge in [0.05, 0.1) is 12.2 Å². The lowest BCUT2D eigenvalue weighted by Crippen LogP contribution is -2.35. The Bertz CT molecular complexity index is 424. The molecule has 1 fully saturated rings. The second-order valence-corrected chi connectivity index (χ2v) is 6.01. The first-order valence-electron chi connectivity index (χ1n) is 6.88.